The van der Waals surface area contributed by atoms with Crippen molar-refractivity contribution in [2.75, 3.05) is 0 Å². The van der Waals surface area contributed by atoms with Crippen LogP contribution in [0.2, 0.25) is 37.8 Å². The molecule has 0 aliphatic rings. The molecule has 0 aromatic carbocycles. The predicted octanol–water partition coefficient (Wildman–Crippen LogP) is 4.00. The molecule has 0 saturated heterocycles. The minimum Gasteiger partial charge on any atom is -0.409 e. The normalized spacial score (nSPS) is 14.5. The molecular weight excluding hydrogens is 350 g/mol. The summed E-state index contributed by atoms with van der Waals surface area (Å²) in [7, 11) is -3.97. The lowest BCUT2D eigenvalue weighted by molar-refractivity contribution is -0.124. The Labute approximate surface area is 155 Å². The molecule has 25 heavy (non-hydrogen) atoms. The molecule has 0 aliphatic carbocycles. The lowest BCUT2D eigenvalue weighted by Crippen LogP contribution is -2.54. The zero-order chi connectivity index (χ0) is 19.7. The molecule has 0 fully saturated rings. The number of carbonyl (C=O) groups excluding carboxylic acids is 2. The Morgan fingerprint density at radius 2 is 1.56 bits per heavy atom. The van der Waals surface area contributed by atoms with Crippen LogP contribution in [0.15, 0.2) is 25.3 Å². The van der Waals surface area contributed by atoms with E-state index in [0.717, 1.165) is 18.1 Å². The number of hydrogen-bond donors (Lipinski definition) is 1. The van der Waals surface area contributed by atoms with Gasteiger partial charge in [0.2, 0.25) is 5.91 Å². The number of rotatable bonds is 13. The van der Waals surface area contributed by atoms with E-state index in [0.29, 0.717) is 0 Å². The highest BCUT2D eigenvalue weighted by molar-refractivity contribution is 6.72. The first-order valence-electron chi connectivity index (χ1n) is 9.00. The van der Waals surface area contributed by atoms with E-state index in [1.807, 2.05) is 0 Å². The second-order valence-electron chi connectivity index (χ2n) is 7.05. The van der Waals surface area contributed by atoms with Gasteiger partial charge in [-0.1, -0.05) is 33.9 Å². The Balaban J connectivity index is 5.67. The van der Waals surface area contributed by atoms with Crippen molar-refractivity contribution in [2.45, 2.75) is 77.3 Å². The number of allylic oxidation sites excluding steroid dienone is 1. The average molecular weight is 386 g/mol. The second-order valence-corrected chi connectivity index (χ2v) is 16.1. The van der Waals surface area contributed by atoms with Crippen LogP contribution < -0.4 is 5.32 Å². The first kappa shape index (κ1) is 24.0. The van der Waals surface area contributed by atoms with Crippen LogP contribution in [0.3, 0.4) is 0 Å². The van der Waals surface area contributed by atoms with Crippen molar-refractivity contribution < 1.29 is 18.4 Å². The summed E-state index contributed by atoms with van der Waals surface area (Å²) in [6, 6.07) is 2.75. The summed E-state index contributed by atoms with van der Waals surface area (Å²) in [6.07, 6.45) is 1.45. The Kier molecular flexibility index (Phi) is 10.4. The number of ketones is 1. The molecule has 2 unspecified atom stereocenters. The maximum absolute atomic E-state index is 12.0. The van der Waals surface area contributed by atoms with Crippen LogP contribution in [-0.2, 0) is 18.4 Å². The van der Waals surface area contributed by atoms with Crippen molar-refractivity contribution >= 4 is 28.3 Å². The van der Waals surface area contributed by atoms with Gasteiger partial charge in [-0.25, -0.2) is 0 Å². The average Bonchev–Trinajstić information content (AvgIpc) is 2.59. The molecule has 1 amide bonds. The summed E-state index contributed by atoms with van der Waals surface area (Å²) < 4.78 is 12.7. The van der Waals surface area contributed by atoms with E-state index in [1.54, 1.807) is 0 Å². The number of hydrogen-bond acceptors (Lipinski definition) is 4. The third-order valence-electron chi connectivity index (χ3n) is 4.67. The summed E-state index contributed by atoms with van der Waals surface area (Å²) in [5.41, 5.74) is 0. The van der Waals surface area contributed by atoms with Gasteiger partial charge in [-0.3, -0.25) is 9.59 Å². The molecule has 0 spiro atoms. The molecule has 0 aliphatic heterocycles. The molecule has 0 rings (SSSR count). The van der Waals surface area contributed by atoms with Gasteiger partial charge in [0.25, 0.3) is 0 Å². The fourth-order valence-electron chi connectivity index (χ4n) is 2.10. The van der Waals surface area contributed by atoms with Gasteiger partial charge in [0.05, 0.1) is 6.10 Å². The molecule has 0 aromatic rings. The van der Waals surface area contributed by atoms with Gasteiger partial charge >= 0.3 is 0 Å². The zero-order valence-corrected chi connectivity index (χ0v) is 18.7. The van der Waals surface area contributed by atoms with Crippen molar-refractivity contribution in [1.82, 2.24) is 5.32 Å². The molecule has 144 valence electrons. The maximum Gasteiger partial charge on any atom is 0.245 e. The van der Waals surface area contributed by atoms with E-state index in [1.165, 1.54) is 12.2 Å². The van der Waals surface area contributed by atoms with Gasteiger partial charge in [0, 0.05) is 6.42 Å². The molecule has 0 heterocycles. The highest BCUT2D eigenvalue weighted by Gasteiger charge is 2.37. The van der Waals surface area contributed by atoms with Gasteiger partial charge in [-0.05, 0) is 49.9 Å². The van der Waals surface area contributed by atoms with Crippen LogP contribution >= 0.6 is 0 Å². The van der Waals surface area contributed by atoms with Crippen LogP contribution in [0.25, 0.3) is 0 Å². The topological polar surface area (TPSA) is 64.6 Å². The van der Waals surface area contributed by atoms with Crippen molar-refractivity contribution in [3.63, 3.8) is 0 Å². The van der Waals surface area contributed by atoms with Crippen LogP contribution in [0.1, 0.15) is 27.2 Å². The van der Waals surface area contributed by atoms with E-state index in [9.17, 15) is 9.59 Å². The van der Waals surface area contributed by atoms with Gasteiger partial charge in [-0.15, -0.1) is 0 Å². The van der Waals surface area contributed by atoms with Gasteiger partial charge in [-0.2, -0.15) is 0 Å². The molecule has 0 bridgehead atoms. The summed E-state index contributed by atoms with van der Waals surface area (Å²) in [4.78, 5) is 23.9. The van der Waals surface area contributed by atoms with Crippen molar-refractivity contribution in [3.05, 3.63) is 25.3 Å². The van der Waals surface area contributed by atoms with Crippen LogP contribution in [0.5, 0.6) is 0 Å². The largest absolute Gasteiger partial charge is 0.409 e. The highest BCUT2D eigenvalue weighted by atomic mass is 28.4. The number of nitrogens with one attached hydrogen (secondary N) is 1. The fraction of sp³-hybridized carbons (Fsp3) is 0.667. The monoisotopic (exact) mass is 385 g/mol. The molecule has 0 radical (unpaired) electrons. The summed E-state index contributed by atoms with van der Waals surface area (Å²) in [5.74, 6) is -0.451. The van der Waals surface area contributed by atoms with Crippen LogP contribution in [-0.4, -0.2) is 40.7 Å². The van der Waals surface area contributed by atoms with E-state index in [4.69, 9.17) is 8.85 Å². The number of amides is 1. The molecule has 2 atom stereocenters. The van der Waals surface area contributed by atoms with Crippen molar-refractivity contribution in [1.29, 1.82) is 0 Å². The molecular formula is C18H35NO4Si2. The lowest BCUT2D eigenvalue weighted by Gasteiger charge is -2.38. The maximum atomic E-state index is 12.0. The molecule has 1 N–H and O–H groups in total. The molecule has 0 saturated carbocycles. The molecule has 0 aromatic heterocycles. The Bertz CT molecular complexity index is 476. The van der Waals surface area contributed by atoms with Crippen LogP contribution in [0, 0.1) is 0 Å². The van der Waals surface area contributed by atoms with E-state index >= 15 is 0 Å². The minimum atomic E-state index is -1.99. The van der Waals surface area contributed by atoms with E-state index in [-0.39, 0.29) is 18.1 Å². The number of carbonyl (C=O) groups is 2. The Hall–Kier alpha value is -1.03. The standard InChI is InChI=1S/C18H35NO4Si2/c1-9-15(20)14-16(22-25(8,12-4)13-5)18(19-17(21)10-2)23-24(6,7)11-3/h9-10,16,18H,1-2,11-14H2,3-8H3,(H,19,21). The summed E-state index contributed by atoms with van der Waals surface area (Å²) >= 11 is 0. The first-order chi connectivity index (χ1) is 11.6. The predicted molar refractivity (Wildman–Crippen MR) is 108 cm³/mol. The second kappa shape index (κ2) is 10.9. The Morgan fingerprint density at radius 1 is 1.00 bits per heavy atom. The van der Waals surface area contributed by atoms with Gasteiger partial charge in [0.15, 0.2) is 22.4 Å². The fourth-order valence-corrected chi connectivity index (χ4v) is 4.93. The van der Waals surface area contributed by atoms with Crippen molar-refractivity contribution in [2.24, 2.45) is 0 Å². The first-order valence-corrected chi connectivity index (χ1v) is 14.9. The third-order valence-corrected chi connectivity index (χ3v) is 11.1. The van der Waals surface area contributed by atoms with Gasteiger partial charge < -0.3 is 14.2 Å². The third kappa shape index (κ3) is 8.76. The van der Waals surface area contributed by atoms with Crippen LogP contribution in [0.4, 0.5) is 0 Å². The minimum absolute atomic E-state index is 0.119. The lowest BCUT2D eigenvalue weighted by atomic mass is 10.1. The molecule has 7 heteroatoms. The Morgan fingerprint density at radius 3 is 1.96 bits per heavy atom. The smallest absolute Gasteiger partial charge is 0.245 e. The van der Waals surface area contributed by atoms with Crippen molar-refractivity contribution in [3.8, 4) is 0 Å². The summed E-state index contributed by atoms with van der Waals surface area (Å²) in [5, 5.41) is 2.82. The highest BCUT2D eigenvalue weighted by Crippen LogP contribution is 2.24. The van der Waals surface area contributed by atoms with E-state index < -0.39 is 29.0 Å². The van der Waals surface area contributed by atoms with Gasteiger partial charge in [0.1, 0.15) is 6.23 Å². The van der Waals surface area contributed by atoms with E-state index in [2.05, 4.69) is 58.9 Å². The zero-order valence-electron chi connectivity index (χ0n) is 16.7. The SMILES string of the molecule is C=CC(=O)CC(O[Si](C)(CC)CC)C(NC(=O)C=C)O[Si](C)(C)CC. The quantitative estimate of drug-likeness (QED) is 0.296. The molecule has 5 nitrogen and oxygen atoms in total. The summed E-state index contributed by atoms with van der Waals surface area (Å²) in [6.45, 7) is 19.6.